The molecule has 5 nitrogen and oxygen atoms in total. The van der Waals surface area contributed by atoms with Gasteiger partial charge in [0.25, 0.3) is 0 Å². The number of aryl methyl sites for hydroxylation is 1. The van der Waals surface area contributed by atoms with Crippen LogP contribution < -0.4 is 10.2 Å². The van der Waals surface area contributed by atoms with Crippen LogP contribution in [0.4, 0.5) is 11.4 Å². The minimum absolute atomic E-state index is 0.0853. The number of rotatable bonds is 1. The lowest BCUT2D eigenvalue weighted by atomic mass is 9.55. The molecule has 1 N–H and O–H groups in total. The van der Waals surface area contributed by atoms with E-state index < -0.39 is 29.3 Å². The van der Waals surface area contributed by atoms with Crippen LogP contribution in [0.2, 0.25) is 0 Å². The Balaban J connectivity index is 1.51. The van der Waals surface area contributed by atoms with Crippen molar-refractivity contribution in [3.8, 4) is 0 Å². The molecule has 0 bridgehead atoms. The summed E-state index contributed by atoms with van der Waals surface area (Å²) in [5, 5.41) is 3.08. The number of hydrogen-bond acceptors (Lipinski definition) is 4. The second-order valence-corrected chi connectivity index (χ2v) is 11.9. The Morgan fingerprint density at radius 1 is 0.744 bits per heavy atom. The Bertz CT molecular complexity index is 1690. The van der Waals surface area contributed by atoms with Crippen molar-refractivity contribution >= 4 is 44.8 Å². The minimum atomic E-state index is -1.36. The molecular weight excluding hydrogens is 552 g/mol. The lowest BCUT2D eigenvalue weighted by Crippen LogP contribution is -2.62. The van der Waals surface area contributed by atoms with Gasteiger partial charge in [0.05, 0.1) is 23.9 Å². The summed E-state index contributed by atoms with van der Waals surface area (Å²) in [6.45, 7) is 2.04. The Labute approximate surface area is 234 Å². The van der Waals surface area contributed by atoms with Gasteiger partial charge in [0, 0.05) is 27.0 Å². The molecule has 190 valence electrons. The molecule has 6 heteroatoms. The highest BCUT2D eigenvalue weighted by atomic mass is 79.9. The third kappa shape index (κ3) is 2.72. The van der Waals surface area contributed by atoms with Crippen LogP contribution in [-0.4, -0.2) is 17.5 Å². The number of ketones is 2. The van der Waals surface area contributed by atoms with Gasteiger partial charge in [-0.15, -0.1) is 0 Å². The molecule has 8 rings (SSSR count). The van der Waals surface area contributed by atoms with E-state index in [-0.39, 0.29) is 17.5 Å². The predicted octanol–water partition coefficient (Wildman–Crippen LogP) is 6.58. The SMILES string of the molecule is Cc1ccc(N2C3c4ccccc4C(=O)C3C3(C(=O)Nc4ccc(Br)cc43)C3C(=O)c4ccccc4C32)cc1. The molecule has 4 aliphatic rings. The molecule has 0 saturated carbocycles. The van der Waals surface area contributed by atoms with E-state index in [9.17, 15) is 14.4 Å². The molecule has 4 aromatic rings. The van der Waals surface area contributed by atoms with Gasteiger partial charge < -0.3 is 10.2 Å². The summed E-state index contributed by atoms with van der Waals surface area (Å²) in [5.41, 5.74) is 5.14. The van der Waals surface area contributed by atoms with Crippen molar-refractivity contribution in [3.63, 3.8) is 0 Å². The van der Waals surface area contributed by atoms with E-state index in [1.54, 1.807) is 0 Å². The van der Waals surface area contributed by atoms with Gasteiger partial charge in [-0.25, -0.2) is 0 Å². The van der Waals surface area contributed by atoms with Gasteiger partial charge in [-0.3, -0.25) is 14.4 Å². The highest BCUT2D eigenvalue weighted by molar-refractivity contribution is 9.10. The monoisotopic (exact) mass is 574 g/mol. The van der Waals surface area contributed by atoms with E-state index in [1.807, 2.05) is 73.7 Å². The highest BCUT2D eigenvalue weighted by Gasteiger charge is 2.73. The van der Waals surface area contributed by atoms with Gasteiger partial charge in [0.15, 0.2) is 11.6 Å². The van der Waals surface area contributed by atoms with Crippen LogP contribution in [0.25, 0.3) is 0 Å². The summed E-state index contributed by atoms with van der Waals surface area (Å²) in [6.07, 6.45) is 0. The van der Waals surface area contributed by atoms with E-state index in [4.69, 9.17) is 0 Å². The molecule has 2 heterocycles. The number of benzene rings is 4. The maximum atomic E-state index is 14.5. The molecule has 1 spiro atoms. The molecule has 0 radical (unpaired) electrons. The fourth-order valence-electron chi connectivity index (χ4n) is 7.81. The van der Waals surface area contributed by atoms with Crippen molar-refractivity contribution in [2.24, 2.45) is 11.8 Å². The van der Waals surface area contributed by atoms with Gasteiger partial charge in [0.1, 0.15) is 5.41 Å². The predicted molar refractivity (Wildman–Crippen MR) is 152 cm³/mol. The van der Waals surface area contributed by atoms with Crippen LogP contribution in [0, 0.1) is 18.8 Å². The Hall–Kier alpha value is -4.03. The van der Waals surface area contributed by atoms with Crippen molar-refractivity contribution in [1.29, 1.82) is 0 Å². The number of piperidine rings is 1. The first kappa shape index (κ1) is 22.9. The zero-order chi connectivity index (χ0) is 26.6. The lowest BCUT2D eigenvalue weighted by molar-refractivity contribution is -0.125. The smallest absolute Gasteiger partial charge is 0.236 e. The van der Waals surface area contributed by atoms with E-state index >= 15 is 0 Å². The molecule has 1 amide bonds. The van der Waals surface area contributed by atoms with E-state index in [0.29, 0.717) is 16.8 Å². The van der Waals surface area contributed by atoms with Crippen LogP contribution in [-0.2, 0) is 10.2 Å². The third-order valence-electron chi connectivity index (χ3n) is 9.25. The van der Waals surface area contributed by atoms with E-state index in [1.165, 1.54) is 0 Å². The fraction of sp³-hybridized carbons (Fsp3) is 0.182. The van der Waals surface area contributed by atoms with Crippen LogP contribution in [0.1, 0.15) is 55.1 Å². The maximum absolute atomic E-state index is 14.5. The first-order chi connectivity index (χ1) is 18.9. The summed E-state index contributed by atoms with van der Waals surface area (Å²) >= 11 is 3.60. The van der Waals surface area contributed by atoms with Gasteiger partial charge in [-0.05, 0) is 53.9 Å². The molecule has 1 saturated heterocycles. The number of carbonyl (C=O) groups is 3. The molecule has 1 fully saturated rings. The minimum Gasteiger partial charge on any atom is -0.356 e. The molecule has 4 atom stereocenters. The number of hydrogen-bond donors (Lipinski definition) is 1. The number of fused-ring (bicyclic) bond motifs is 10. The Kier molecular flexibility index (Phi) is 4.56. The fourth-order valence-corrected chi connectivity index (χ4v) is 8.17. The zero-order valence-electron chi connectivity index (χ0n) is 21.0. The molecule has 4 aromatic carbocycles. The summed E-state index contributed by atoms with van der Waals surface area (Å²) in [7, 11) is 0. The Morgan fingerprint density at radius 2 is 1.31 bits per heavy atom. The molecular formula is C33H23BrN2O3. The second kappa shape index (κ2) is 7.76. The molecule has 2 aliphatic carbocycles. The van der Waals surface area contributed by atoms with Crippen molar-refractivity contribution in [1.82, 2.24) is 0 Å². The topological polar surface area (TPSA) is 66.5 Å². The van der Waals surface area contributed by atoms with Gasteiger partial charge in [-0.2, -0.15) is 0 Å². The van der Waals surface area contributed by atoms with Crippen molar-refractivity contribution < 1.29 is 14.4 Å². The summed E-state index contributed by atoms with van der Waals surface area (Å²) in [5.74, 6) is -1.99. The number of anilines is 2. The Morgan fingerprint density at radius 3 is 1.90 bits per heavy atom. The number of Topliss-reactive ketones (excluding diaryl/α,β-unsaturated/α-hetero) is 2. The van der Waals surface area contributed by atoms with Gasteiger partial charge in [0.2, 0.25) is 5.91 Å². The maximum Gasteiger partial charge on any atom is 0.236 e. The van der Waals surface area contributed by atoms with Crippen molar-refractivity contribution in [2.45, 2.75) is 24.4 Å². The average molecular weight is 575 g/mol. The number of amides is 1. The van der Waals surface area contributed by atoms with Crippen LogP contribution in [0.15, 0.2) is 95.5 Å². The molecule has 0 aromatic heterocycles. The number of halogens is 1. The molecule has 2 aliphatic heterocycles. The number of nitrogens with zero attached hydrogens (tertiary/aromatic N) is 1. The van der Waals surface area contributed by atoms with Crippen LogP contribution in [0.5, 0.6) is 0 Å². The number of carbonyl (C=O) groups excluding carboxylic acids is 3. The summed E-state index contributed by atoms with van der Waals surface area (Å²) < 4.78 is 0.803. The second-order valence-electron chi connectivity index (χ2n) is 11.0. The highest BCUT2D eigenvalue weighted by Crippen LogP contribution is 2.67. The van der Waals surface area contributed by atoms with Crippen LogP contribution in [0.3, 0.4) is 0 Å². The van der Waals surface area contributed by atoms with Crippen molar-refractivity contribution in [2.75, 3.05) is 10.2 Å². The zero-order valence-corrected chi connectivity index (χ0v) is 22.6. The summed E-state index contributed by atoms with van der Waals surface area (Å²) in [6, 6.07) is 28.4. The number of nitrogens with one attached hydrogen (secondary N) is 1. The van der Waals surface area contributed by atoms with E-state index in [2.05, 4.69) is 50.4 Å². The average Bonchev–Trinajstić information content (AvgIpc) is 3.52. The molecule has 39 heavy (non-hydrogen) atoms. The van der Waals surface area contributed by atoms with Gasteiger partial charge >= 0.3 is 0 Å². The third-order valence-corrected chi connectivity index (χ3v) is 9.74. The van der Waals surface area contributed by atoms with Crippen molar-refractivity contribution in [3.05, 3.63) is 129 Å². The molecule has 4 unspecified atom stereocenters. The normalized spacial score (nSPS) is 27.6. The standard InChI is InChI=1S/C33H23BrN2O3/c1-17-10-13-19(14-11-17)36-28-20-6-2-4-8-22(20)30(37)26(28)33(24-16-18(34)12-15-25(24)35-32(33)39)27-29(36)21-7-3-5-9-23(21)31(27)38/h2-16,26-29H,1H3,(H,35,39). The van der Waals surface area contributed by atoms with Crippen LogP contribution >= 0.6 is 15.9 Å². The van der Waals surface area contributed by atoms with Gasteiger partial charge in [-0.1, -0.05) is 82.2 Å². The first-order valence-electron chi connectivity index (χ1n) is 13.2. The largest absolute Gasteiger partial charge is 0.356 e. The first-order valence-corrected chi connectivity index (χ1v) is 13.9. The van der Waals surface area contributed by atoms with E-state index in [0.717, 1.165) is 32.4 Å². The lowest BCUT2D eigenvalue weighted by Gasteiger charge is -2.54. The summed E-state index contributed by atoms with van der Waals surface area (Å²) in [4.78, 5) is 45.7. The quantitative estimate of drug-likeness (QED) is 0.279.